The Hall–Kier alpha value is -12.7. The van der Waals surface area contributed by atoms with Crippen LogP contribution in [-0.4, -0.2) is 169 Å². The highest BCUT2D eigenvalue weighted by Gasteiger charge is 2.33. The molecule has 2 amide bonds. The minimum atomic E-state index is -0.467. The molecule has 22 nitrogen and oxygen atoms in total. The van der Waals surface area contributed by atoms with Crippen molar-refractivity contribution < 1.29 is 33.3 Å². The number of amides is 2. The van der Waals surface area contributed by atoms with Crippen molar-refractivity contribution in [2.75, 3.05) is 78.9 Å². The molecule has 2 atom stereocenters. The van der Waals surface area contributed by atoms with Crippen LogP contribution >= 0.6 is 69.6 Å². The smallest absolute Gasteiger partial charge is 0.410 e. The van der Waals surface area contributed by atoms with Crippen molar-refractivity contribution in [2.45, 2.75) is 141 Å². The second-order valence-electron chi connectivity index (χ2n) is 39.5. The van der Waals surface area contributed by atoms with E-state index in [9.17, 15) is 9.59 Å². The molecule has 24 rings (SSSR count). The zero-order valence-electron chi connectivity index (χ0n) is 82.1. The first-order chi connectivity index (χ1) is 70.4. The number of hydrogen-bond acceptors (Lipinski definition) is 14. The third kappa shape index (κ3) is 24.2. The Bertz CT molecular complexity index is 7350. The summed E-state index contributed by atoms with van der Waals surface area (Å²) in [5.41, 5.74) is 21.7. The number of carbonyl (C=O) groups is 2. The number of nitrogens with one attached hydrogen (secondary N) is 1. The molecule has 18 heterocycles. The largest absolute Gasteiger partial charge is 0.444 e. The molecule has 6 aliphatic heterocycles. The minimum Gasteiger partial charge on any atom is -0.444 e. The number of aromatic nitrogens is 12. The van der Waals surface area contributed by atoms with Gasteiger partial charge < -0.3 is 66.2 Å². The Balaban J connectivity index is 0.000000110. The van der Waals surface area contributed by atoms with Crippen LogP contribution in [0.5, 0.6) is 0 Å². The van der Waals surface area contributed by atoms with Crippen molar-refractivity contribution in [1.82, 2.24) is 72.4 Å². The van der Waals surface area contributed by atoms with E-state index in [-0.39, 0.29) is 12.2 Å². The van der Waals surface area contributed by atoms with E-state index in [1.807, 2.05) is 235 Å². The summed E-state index contributed by atoms with van der Waals surface area (Å²) in [6, 6.07) is 61.4. The van der Waals surface area contributed by atoms with Crippen LogP contribution in [-0.2, 0) is 30.2 Å². The number of nitrogens with zero attached hydrogens (tertiary/aromatic N) is 14. The minimum absolute atomic E-state index is 0.219. The Kier molecular flexibility index (Phi) is 32.0. The van der Waals surface area contributed by atoms with Gasteiger partial charge in [0.25, 0.3) is 0 Å². The van der Waals surface area contributed by atoms with E-state index in [2.05, 4.69) is 179 Å². The topological polar surface area (TPSA) is 206 Å². The highest BCUT2D eigenvalue weighted by Crippen LogP contribution is 2.43. The lowest BCUT2D eigenvalue weighted by molar-refractivity contribution is 0.0184. The van der Waals surface area contributed by atoms with Gasteiger partial charge in [-0.2, -0.15) is 0 Å². The van der Waals surface area contributed by atoms with E-state index in [1.165, 1.54) is 93.5 Å². The van der Waals surface area contributed by atoms with Gasteiger partial charge in [0.15, 0.2) is 0 Å². The molecule has 12 aromatic heterocycles. The molecule has 5 fully saturated rings. The van der Waals surface area contributed by atoms with Gasteiger partial charge in [-0.25, -0.2) is 9.59 Å². The molecular formula is C117H117Cl6N15O7. The average Bonchev–Trinajstić information content (AvgIpc) is 1.62. The summed E-state index contributed by atoms with van der Waals surface area (Å²) in [7, 11) is 0. The van der Waals surface area contributed by atoms with Crippen LogP contribution in [0.2, 0.25) is 30.1 Å². The molecule has 6 aromatic carbocycles. The van der Waals surface area contributed by atoms with Crippen molar-refractivity contribution in [2.24, 2.45) is 5.92 Å². The molecular weight excluding hydrogens is 1940 g/mol. The molecule has 744 valence electrons. The quantitative estimate of drug-likeness (QED) is 0.114. The Morgan fingerprint density at radius 2 is 0.724 bits per heavy atom. The third-order valence-electron chi connectivity index (χ3n) is 27.5. The fourth-order valence-electron chi connectivity index (χ4n) is 20.2. The molecule has 0 aliphatic carbocycles. The molecule has 145 heavy (non-hydrogen) atoms. The number of ether oxygens (including phenoxy) is 5. The second kappa shape index (κ2) is 45.9. The van der Waals surface area contributed by atoms with Crippen LogP contribution in [0.25, 0.3) is 127 Å². The highest BCUT2D eigenvalue weighted by atomic mass is 35.5. The van der Waals surface area contributed by atoms with Crippen molar-refractivity contribution in [3.8, 4) is 55.9 Å². The van der Waals surface area contributed by atoms with Crippen LogP contribution in [0, 0.1) is 5.92 Å². The van der Waals surface area contributed by atoms with E-state index in [0.717, 1.165) is 192 Å². The maximum atomic E-state index is 12.4. The normalized spacial score (nSPS) is 16.4. The molecule has 0 bridgehead atoms. The fourth-order valence-corrected chi connectivity index (χ4v) is 21.0. The van der Waals surface area contributed by atoms with Crippen LogP contribution in [0.1, 0.15) is 135 Å². The van der Waals surface area contributed by atoms with Crippen molar-refractivity contribution in [3.05, 3.63) is 341 Å². The SMILES string of the molecule is CC(C)(C)OC(=O)N1CCC(c2cn(-c3ccc(Cl)cc3)c3cnccc23)CC1.CC(C)(C)OC(=O)N1CCC(n2cc(-c3ccc(Cl)cc3)c3cnccc32)CC1.Clc1ccc(-c2cn(C3CCOC3)c3ccncc23)cc1.Clc1ccc(-c2cn(C3CCOCC3)c3ccncc23)cc1.Clc1ccc(-c2cn(CC3CCOC3)c3ccncc23)cc1.Clc1ccc(-n2cc(C3=CCNCC3)c3ccncc32)cc1. The maximum absolute atomic E-state index is 12.4. The summed E-state index contributed by atoms with van der Waals surface area (Å²) in [5.74, 6) is 0.994. The molecule has 0 radical (unpaired) electrons. The van der Waals surface area contributed by atoms with Crippen LogP contribution in [0.15, 0.2) is 300 Å². The molecule has 0 spiro atoms. The highest BCUT2D eigenvalue weighted by molar-refractivity contribution is 6.32. The number of halogens is 6. The van der Waals surface area contributed by atoms with Gasteiger partial charge in [0, 0.05) is 284 Å². The first-order valence-corrected chi connectivity index (χ1v) is 52.0. The van der Waals surface area contributed by atoms with E-state index in [4.69, 9.17) is 93.3 Å². The first kappa shape index (κ1) is 101. The number of benzene rings is 6. The summed E-state index contributed by atoms with van der Waals surface area (Å²) < 4.78 is 41.3. The molecule has 28 heteroatoms. The van der Waals surface area contributed by atoms with Gasteiger partial charge in [-0.05, 0) is 279 Å². The van der Waals surface area contributed by atoms with E-state index >= 15 is 0 Å². The molecule has 6 aliphatic rings. The van der Waals surface area contributed by atoms with Crippen molar-refractivity contribution >= 4 is 153 Å². The maximum Gasteiger partial charge on any atom is 0.410 e. The summed E-state index contributed by atoms with van der Waals surface area (Å²) in [4.78, 5) is 54.2. The van der Waals surface area contributed by atoms with Crippen LogP contribution in [0.4, 0.5) is 9.59 Å². The zero-order valence-corrected chi connectivity index (χ0v) is 86.7. The first-order valence-electron chi connectivity index (χ1n) is 49.7. The van der Waals surface area contributed by atoms with Gasteiger partial charge in [-0.1, -0.05) is 124 Å². The summed E-state index contributed by atoms with van der Waals surface area (Å²) in [6.45, 7) is 22.2. The lowest BCUT2D eigenvalue weighted by Gasteiger charge is -2.34. The molecule has 18 aromatic rings. The number of hydrogen-bond donors (Lipinski definition) is 1. The molecule has 2 unspecified atom stereocenters. The van der Waals surface area contributed by atoms with Gasteiger partial charge in [0.1, 0.15) is 11.2 Å². The number of likely N-dealkylation sites (tertiary alicyclic amines) is 2. The molecule has 1 N–H and O–H groups in total. The molecule has 0 saturated carbocycles. The van der Waals surface area contributed by atoms with E-state index < -0.39 is 11.2 Å². The second-order valence-corrected chi connectivity index (χ2v) is 42.1. The summed E-state index contributed by atoms with van der Waals surface area (Å²) in [6.07, 6.45) is 46.9. The predicted octanol–water partition coefficient (Wildman–Crippen LogP) is 29.2. The summed E-state index contributed by atoms with van der Waals surface area (Å²) in [5, 5.41) is 15.0. The number of piperidine rings is 2. The molecule has 5 saturated heterocycles. The van der Waals surface area contributed by atoms with Gasteiger partial charge >= 0.3 is 12.2 Å². The number of carbonyl (C=O) groups excluding carboxylic acids is 2. The fraction of sp³-hybridized carbons (Fsp3) is 0.299. The Morgan fingerprint density at radius 1 is 0.359 bits per heavy atom. The zero-order chi connectivity index (χ0) is 100. The predicted molar refractivity (Wildman–Crippen MR) is 587 cm³/mol. The van der Waals surface area contributed by atoms with Gasteiger partial charge in [-0.3, -0.25) is 29.9 Å². The lowest BCUT2D eigenvalue weighted by atomic mass is 9.89. The van der Waals surface area contributed by atoms with Crippen LogP contribution in [0.3, 0.4) is 0 Å². The van der Waals surface area contributed by atoms with Crippen molar-refractivity contribution in [1.29, 1.82) is 0 Å². The van der Waals surface area contributed by atoms with Gasteiger partial charge in [-0.15, -0.1) is 0 Å². The third-order valence-corrected chi connectivity index (χ3v) is 29.0. The van der Waals surface area contributed by atoms with E-state index in [1.54, 1.807) is 0 Å². The van der Waals surface area contributed by atoms with Crippen LogP contribution < -0.4 is 5.32 Å². The Morgan fingerprint density at radius 3 is 1.15 bits per heavy atom. The van der Waals surface area contributed by atoms with E-state index in [0.29, 0.717) is 56.1 Å². The standard InChI is InChI=1S/2C23H26ClN3O2.C18H16ClN3.2C18H17ClN2O.C17H15ClN2O/c1-23(2,3)29-22(28)26-12-9-16(10-13-26)20-15-27(18-6-4-17(24)5-7-18)21-14-25-11-8-19(20)21;1-23(2,3)29-22(28)26-12-9-18(10-13-26)27-15-20(16-4-6-17(24)7-5-16)19-14-25-11-8-21(19)27;19-14-1-3-15(4-2-14)22-12-17(13-5-8-20-9-6-13)16-7-10-21-11-18(16)22;19-14-3-1-13(2-4-14)17-12-21(15-6-9-22-10-7-15)18-5-8-20-11-16(17)18;19-15-3-1-14(2-4-15)17-11-21(10-13-6-8-22-12-13)18-5-7-20-9-16(17)18;18-13-3-1-12(2-4-13)16-10-20(14-6-8-21-11-14)17-5-7-19-9-15(16)17/h4-8,11,14-16H,9-10,12-13H2,1-3H3;4-8,11,14-15,18H,9-10,12-13H2,1-3H3;1-5,7,10-12,20H,6,8-9H2;1-5,8,11-12,15H,6-7,9-10H2;1-5,7,9,11,13H,6,8,10,12H2;1-5,7,9-10,14H,6,8,11H2. The Labute approximate surface area is 874 Å². The average molecular weight is 2060 g/mol. The number of pyridine rings is 6. The summed E-state index contributed by atoms with van der Waals surface area (Å²) >= 11 is 36.1. The number of fused-ring (bicyclic) bond motifs is 6. The van der Waals surface area contributed by atoms with Gasteiger partial charge in [0.05, 0.1) is 64.7 Å². The monoisotopic (exact) mass is 2050 g/mol. The lowest BCUT2D eigenvalue weighted by Crippen LogP contribution is -2.42. The van der Waals surface area contributed by atoms with Gasteiger partial charge in [0.2, 0.25) is 0 Å². The van der Waals surface area contributed by atoms with Crippen molar-refractivity contribution in [3.63, 3.8) is 0 Å². The number of rotatable bonds is 13.